The maximum atomic E-state index is 11.7. The van der Waals surface area contributed by atoms with Gasteiger partial charge in [0.25, 0.3) is 0 Å². The summed E-state index contributed by atoms with van der Waals surface area (Å²) in [7, 11) is 0. The van der Waals surface area contributed by atoms with Gasteiger partial charge >= 0.3 is 11.9 Å². The van der Waals surface area contributed by atoms with Crippen LogP contribution in [0.3, 0.4) is 0 Å². The van der Waals surface area contributed by atoms with Gasteiger partial charge in [0.15, 0.2) is 5.76 Å². The summed E-state index contributed by atoms with van der Waals surface area (Å²) in [5, 5.41) is 24.3. The molecular formula is C10H12N4O5. The Labute approximate surface area is 107 Å². The Morgan fingerprint density at radius 1 is 1.53 bits per heavy atom. The normalized spacial score (nSPS) is 15.7. The molecule has 1 N–H and O–H groups in total. The van der Waals surface area contributed by atoms with Crippen molar-refractivity contribution in [2.45, 2.75) is 0 Å². The van der Waals surface area contributed by atoms with Crippen molar-refractivity contribution in [1.29, 1.82) is 0 Å². The van der Waals surface area contributed by atoms with Gasteiger partial charge in [-0.05, 0) is 6.07 Å². The lowest BCUT2D eigenvalue weighted by molar-refractivity contribution is -0.402. The fraction of sp³-hybridized carbons (Fsp3) is 0.400. The number of nitro groups is 1. The van der Waals surface area contributed by atoms with E-state index in [2.05, 4.69) is 5.10 Å². The molecule has 0 aliphatic carbocycles. The van der Waals surface area contributed by atoms with Gasteiger partial charge in [-0.2, -0.15) is 5.10 Å². The molecule has 0 bridgehead atoms. The van der Waals surface area contributed by atoms with Crippen LogP contribution in [0.25, 0.3) is 0 Å². The molecule has 0 saturated carbocycles. The molecule has 9 nitrogen and oxygen atoms in total. The van der Waals surface area contributed by atoms with E-state index in [1.807, 2.05) is 0 Å². The number of furan rings is 1. The predicted molar refractivity (Wildman–Crippen MR) is 63.7 cm³/mol. The fourth-order valence-corrected chi connectivity index (χ4v) is 1.64. The fourth-order valence-electron chi connectivity index (χ4n) is 1.64. The van der Waals surface area contributed by atoms with Crippen LogP contribution in [-0.2, 0) is 0 Å². The van der Waals surface area contributed by atoms with Crippen LogP contribution in [0.15, 0.2) is 21.7 Å². The second kappa shape index (κ2) is 5.48. The molecule has 2 heterocycles. The summed E-state index contributed by atoms with van der Waals surface area (Å²) in [6, 6.07) is 2.30. The molecule has 1 aliphatic rings. The zero-order chi connectivity index (χ0) is 13.8. The molecule has 0 unspecified atom stereocenters. The highest BCUT2D eigenvalue weighted by Gasteiger charge is 2.27. The standard InChI is InChI=1S/C10H12N4O5/c15-6-5-12-3-4-13(10(12)16)11-7-8-1-2-9(19-8)14(17)18/h1-2,7,15H,3-6H2/b11-7-. The van der Waals surface area contributed by atoms with Crippen LogP contribution < -0.4 is 0 Å². The molecule has 1 fully saturated rings. The van der Waals surface area contributed by atoms with Crippen LogP contribution in [0, 0.1) is 10.1 Å². The summed E-state index contributed by atoms with van der Waals surface area (Å²) in [5.41, 5.74) is 0. The van der Waals surface area contributed by atoms with E-state index >= 15 is 0 Å². The van der Waals surface area contributed by atoms with Gasteiger partial charge in [-0.15, -0.1) is 0 Å². The largest absolute Gasteiger partial charge is 0.433 e. The van der Waals surface area contributed by atoms with E-state index in [0.29, 0.717) is 13.1 Å². The van der Waals surface area contributed by atoms with Gasteiger partial charge in [0.05, 0.1) is 25.4 Å². The van der Waals surface area contributed by atoms with Gasteiger partial charge < -0.3 is 14.4 Å². The third-order valence-electron chi connectivity index (χ3n) is 2.56. The molecule has 2 rings (SSSR count). The number of hydrogen-bond acceptors (Lipinski definition) is 6. The molecule has 9 heteroatoms. The van der Waals surface area contributed by atoms with E-state index in [1.54, 1.807) is 0 Å². The van der Waals surface area contributed by atoms with E-state index in [1.165, 1.54) is 28.3 Å². The van der Waals surface area contributed by atoms with Crippen LogP contribution in [0.4, 0.5) is 10.7 Å². The monoisotopic (exact) mass is 268 g/mol. The first-order valence-electron chi connectivity index (χ1n) is 5.57. The Bertz CT molecular complexity index is 512. The van der Waals surface area contributed by atoms with Crippen molar-refractivity contribution in [2.75, 3.05) is 26.2 Å². The van der Waals surface area contributed by atoms with Crippen molar-refractivity contribution in [1.82, 2.24) is 9.91 Å². The SMILES string of the molecule is O=C1N(CCO)CCN1/N=C\c1ccc([N+](=O)[O-])o1. The number of aliphatic hydroxyl groups excluding tert-OH is 1. The minimum absolute atomic E-state index is 0.103. The number of hydrogen-bond donors (Lipinski definition) is 1. The van der Waals surface area contributed by atoms with Crippen molar-refractivity contribution in [3.8, 4) is 0 Å². The Morgan fingerprint density at radius 3 is 2.95 bits per heavy atom. The molecule has 0 radical (unpaired) electrons. The molecular weight excluding hydrogens is 256 g/mol. The Balaban J connectivity index is 1.99. The molecule has 1 aromatic rings. The van der Waals surface area contributed by atoms with Gasteiger partial charge in [-0.3, -0.25) is 10.1 Å². The van der Waals surface area contributed by atoms with Crippen LogP contribution in [0.5, 0.6) is 0 Å². The highest BCUT2D eigenvalue weighted by atomic mass is 16.6. The second-order valence-corrected chi connectivity index (χ2v) is 3.79. The molecule has 0 spiro atoms. The predicted octanol–water partition coefficient (Wildman–Crippen LogP) is 0.252. The number of aliphatic hydroxyl groups is 1. The van der Waals surface area contributed by atoms with E-state index < -0.39 is 4.92 Å². The Hall–Kier alpha value is -2.42. The number of hydrazone groups is 1. The minimum atomic E-state index is -0.651. The number of β-amino-alcohol motifs (C(OH)–C–C–N with tert-alkyl or cyclic N) is 1. The summed E-state index contributed by atoms with van der Waals surface area (Å²) in [6.45, 7) is 1.04. The van der Waals surface area contributed by atoms with Crippen LogP contribution in [0.2, 0.25) is 0 Å². The van der Waals surface area contributed by atoms with E-state index in [-0.39, 0.29) is 30.8 Å². The van der Waals surface area contributed by atoms with Crippen molar-refractivity contribution in [3.63, 3.8) is 0 Å². The highest BCUT2D eigenvalue weighted by Crippen LogP contribution is 2.14. The number of nitrogens with zero attached hydrogens (tertiary/aromatic N) is 4. The highest BCUT2D eigenvalue weighted by molar-refractivity contribution is 5.80. The summed E-state index contributed by atoms with van der Waals surface area (Å²) in [6.07, 6.45) is 1.24. The van der Waals surface area contributed by atoms with Gasteiger partial charge in [-0.1, -0.05) is 0 Å². The summed E-state index contributed by atoms with van der Waals surface area (Å²) >= 11 is 0. The molecule has 1 saturated heterocycles. The van der Waals surface area contributed by atoms with E-state index in [9.17, 15) is 14.9 Å². The first-order valence-corrected chi connectivity index (χ1v) is 5.57. The molecule has 1 aromatic heterocycles. The van der Waals surface area contributed by atoms with Crippen LogP contribution >= 0.6 is 0 Å². The van der Waals surface area contributed by atoms with Gasteiger partial charge in [0.1, 0.15) is 4.92 Å². The molecule has 0 aromatic carbocycles. The zero-order valence-electron chi connectivity index (χ0n) is 9.93. The Kier molecular flexibility index (Phi) is 3.76. The average molecular weight is 268 g/mol. The number of carbonyl (C=O) groups excluding carboxylic acids is 1. The van der Waals surface area contributed by atoms with Crippen LogP contribution in [0.1, 0.15) is 5.76 Å². The first-order chi connectivity index (χ1) is 9.11. The quantitative estimate of drug-likeness (QED) is 0.467. The number of rotatable bonds is 5. The van der Waals surface area contributed by atoms with Crippen LogP contribution in [-0.4, -0.2) is 58.4 Å². The third-order valence-corrected chi connectivity index (χ3v) is 2.56. The molecule has 0 atom stereocenters. The molecule has 2 amide bonds. The average Bonchev–Trinajstić information content (AvgIpc) is 2.97. The van der Waals surface area contributed by atoms with Gasteiger partial charge in [-0.25, -0.2) is 9.80 Å². The minimum Gasteiger partial charge on any atom is -0.400 e. The van der Waals surface area contributed by atoms with Crippen molar-refractivity contribution in [2.24, 2.45) is 5.10 Å². The van der Waals surface area contributed by atoms with Crippen molar-refractivity contribution < 1.29 is 19.2 Å². The zero-order valence-corrected chi connectivity index (χ0v) is 9.93. The lowest BCUT2D eigenvalue weighted by atomic mass is 10.5. The summed E-state index contributed by atoms with van der Waals surface area (Å²) in [4.78, 5) is 22.9. The summed E-state index contributed by atoms with van der Waals surface area (Å²) in [5.74, 6) is -0.184. The number of urea groups is 1. The lowest BCUT2D eigenvalue weighted by Crippen LogP contribution is -2.31. The Morgan fingerprint density at radius 2 is 2.32 bits per heavy atom. The maximum Gasteiger partial charge on any atom is 0.433 e. The number of carbonyl (C=O) groups is 1. The topological polar surface area (TPSA) is 112 Å². The smallest absolute Gasteiger partial charge is 0.400 e. The van der Waals surface area contributed by atoms with Crippen molar-refractivity contribution >= 4 is 18.1 Å². The van der Waals surface area contributed by atoms with Gasteiger partial charge in [0, 0.05) is 13.1 Å². The van der Waals surface area contributed by atoms with Gasteiger partial charge in [0.2, 0.25) is 0 Å². The summed E-state index contributed by atoms with van der Waals surface area (Å²) < 4.78 is 4.87. The molecule has 19 heavy (non-hydrogen) atoms. The lowest BCUT2D eigenvalue weighted by Gasteiger charge is -2.13. The molecule has 102 valence electrons. The maximum absolute atomic E-state index is 11.7. The van der Waals surface area contributed by atoms with E-state index in [0.717, 1.165) is 0 Å². The molecule has 1 aliphatic heterocycles. The first kappa shape index (κ1) is 13.0. The second-order valence-electron chi connectivity index (χ2n) is 3.79. The van der Waals surface area contributed by atoms with E-state index in [4.69, 9.17) is 9.52 Å². The van der Waals surface area contributed by atoms with Crippen molar-refractivity contribution in [3.05, 3.63) is 28.0 Å². The third kappa shape index (κ3) is 2.88. The number of amides is 2.